The fraction of sp³-hybridized carbons (Fsp3) is 1.00. The molecule has 0 bridgehead atoms. The molecular formula is C11H28N4. The maximum absolute atomic E-state index is 3.28. The Kier molecular flexibility index (Phi) is 9.00. The summed E-state index contributed by atoms with van der Waals surface area (Å²) in [6.45, 7) is 8.79. The lowest BCUT2D eigenvalue weighted by molar-refractivity contribution is 0.233. The second-order valence-corrected chi connectivity index (χ2v) is 4.24. The summed E-state index contributed by atoms with van der Waals surface area (Å²) in [5, 5.41) is 9.76. The van der Waals surface area contributed by atoms with Crippen LogP contribution in [0.3, 0.4) is 0 Å². The minimum absolute atomic E-state index is 0.547. The molecule has 4 nitrogen and oxygen atoms in total. The van der Waals surface area contributed by atoms with E-state index in [1.165, 1.54) is 0 Å². The highest BCUT2D eigenvalue weighted by atomic mass is 15.2. The molecule has 0 aromatic carbocycles. The van der Waals surface area contributed by atoms with Gasteiger partial charge in [-0.2, -0.15) is 0 Å². The minimum Gasteiger partial charge on any atom is -0.318 e. The van der Waals surface area contributed by atoms with E-state index in [0.717, 1.165) is 26.2 Å². The minimum atomic E-state index is 0.547. The Morgan fingerprint density at radius 3 is 1.73 bits per heavy atom. The molecule has 0 rings (SSSR count). The molecule has 0 fully saturated rings. The van der Waals surface area contributed by atoms with Gasteiger partial charge in [0, 0.05) is 38.3 Å². The van der Waals surface area contributed by atoms with Crippen molar-refractivity contribution >= 4 is 0 Å². The smallest absolute Gasteiger partial charge is 0.0163 e. The van der Waals surface area contributed by atoms with Gasteiger partial charge in [-0.25, -0.2) is 0 Å². The third-order valence-electron chi connectivity index (χ3n) is 2.73. The van der Waals surface area contributed by atoms with Crippen molar-refractivity contribution in [3.05, 3.63) is 0 Å². The van der Waals surface area contributed by atoms with Crippen LogP contribution in [0.5, 0.6) is 0 Å². The molecule has 0 saturated heterocycles. The Morgan fingerprint density at radius 2 is 1.40 bits per heavy atom. The molecule has 0 aliphatic heterocycles. The molecule has 15 heavy (non-hydrogen) atoms. The lowest BCUT2D eigenvalue weighted by Crippen LogP contribution is -2.45. The van der Waals surface area contributed by atoms with Crippen LogP contribution in [-0.4, -0.2) is 64.3 Å². The summed E-state index contributed by atoms with van der Waals surface area (Å²) >= 11 is 0. The Morgan fingerprint density at radius 1 is 0.933 bits per heavy atom. The molecule has 0 aliphatic rings. The number of rotatable bonds is 9. The maximum Gasteiger partial charge on any atom is 0.0163 e. The zero-order valence-corrected chi connectivity index (χ0v) is 10.9. The van der Waals surface area contributed by atoms with Crippen LogP contribution in [0.25, 0.3) is 0 Å². The number of hydrogen-bond acceptors (Lipinski definition) is 4. The molecular weight excluding hydrogens is 188 g/mol. The molecule has 2 atom stereocenters. The van der Waals surface area contributed by atoms with Gasteiger partial charge >= 0.3 is 0 Å². The highest BCUT2D eigenvalue weighted by Gasteiger charge is 2.10. The van der Waals surface area contributed by atoms with Crippen molar-refractivity contribution in [2.75, 3.05) is 47.3 Å². The van der Waals surface area contributed by atoms with Crippen LogP contribution in [-0.2, 0) is 0 Å². The Labute approximate surface area is 94.8 Å². The van der Waals surface area contributed by atoms with Crippen molar-refractivity contribution in [3.8, 4) is 0 Å². The molecule has 3 N–H and O–H groups in total. The molecule has 2 unspecified atom stereocenters. The van der Waals surface area contributed by atoms with Gasteiger partial charge in [-0.3, -0.25) is 4.90 Å². The lowest BCUT2D eigenvalue weighted by Gasteiger charge is -2.28. The average Bonchev–Trinajstić information content (AvgIpc) is 2.25. The summed E-state index contributed by atoms with van der Waals surface area (Å²) in [5.74, 6) is 0. The van der Waals surface area contributed by atoms with Crippen LogP contribution < -0.4 is 16.0 Å². The highest BCUT2D eigenvalue weighted by Crippen LogP contribution is 1.94. The molecule has 0 amide bonds. The van der Waals surface area contributed by atoms with E-state index in [1.54, 1.807) is 0 Å². The average molecular weight is 216 g/mol. The summed E-state index contributed by atoms with van der Waals surface area (Å²) in [7, 11) is 6.03. The number of likely N-dealkylation sites (N-methyl/N-ethyl adjacent to an activating group) is 3. The van der Waals surface area contributed by atoms with Crippen LogP contribution in [0.15, 0.2) is 0 Å². The monoisotopic (exact) mass is 216 g/mol. The lowest BCUT2D eigenvalue weighted by atomic mass is 10.2. The zero-order valence-electron chi connectivity index (χ0n) is 10.9. The van der Waals surface area contributed by atoms with Gasteiger partial charge in [0.05, 0.1) is 0 Å². The van der Waals surface area contributed by atoms with Crippen molar-refractivity contribution in [3.63, 3.8) is 0 Å². The van der Waals surface area contributed by atoms with Gasteiger partial charge in [0.25, 0.3) is 0 Å². The summed E-state index contributed by atoms with van der Waals surface area (Å²) in [5.41, 5.74) is 0. The molecule has 4 heteroatoms. The fourth-order valence-corrected chi connectivity index (χ4v) is 1.48. The largest absolute Gasteiger partial charge is 0.318 e. The molecule has 0 heterocycles. The molecule has 0 radical (unpaired) electrons. The first kappa shape index (κ1) is 14.8. The van der Waals surface area contributed by atoms with Crippen molar-refractivity contribution < 1.29 is 0 Å². The topological polar surface area (TPSA) is 39.3 Å². The third kappa shape index (κ3) is 7.73. The first-order chi connectivity index (χ1) is 7.13. The Hall–Kier alpha value is -0.160. The first-order valence-electron chi connectivity index (χ1n) is 5.85. The molecule has 0 aromatic heterocycles. The highest BCUT2D eigenvalue weighted by molar-refractivity contribution is 4.71. The van der Waals surface area contributed by atoms with Gasteiger partial charge in [0.2, 0.25) is 0 Å². The number of hydrogen-bond donors (Lipinski definition) is 3. The van der Waals surface area contributed by atoms with E-state index in [4.69, 9.17) is 0 Å². The molecule has 0 aliphatic carbocycles. The number of nitrogens with zero attached hydrogens (tertiary/aromatic N) is 1. The van der Waals surface area contributed by atoms with E-state index in [0.29, 0.717) is 12.1 Å². The van der Waals surface area contributed by atoms with Crippen LogP contribution in [0.4, 0.5) is 0 Å². The Balaban J connectivity index is 3.93. The van der Waals surface area contributed by atoms with Crippen LogP contribution in [0, 0.1) is 0 Å². The SMILES string of the molecule is CNCCN(CC(C)NC)CC(C)NC. The van der Waals surface area contributed by atoms with Crippen LogP contribution >= 0.6 is 0 Å². The van der Waals surface area contributed by atoms with Gasteiger partial charge in [-0.1, -0.05) is 0 Å². The summed E-state index contributed by atoms with van der Waals surface area (Å²) in [6, 6.07) is 1.09. The molecule has 92 valence electrons. The summed E-state index contributed by atoms with van der Waals surface area (Å²) < 4.78 is 0. The van der Waals surface area contributed by atoms with Gasteiger partial charge in [-0.05, 0) is 35.0 Å². The summed E-state index contributed by atoms with van der Waals surface area (Å²) in [4.78, 5) is 2.48. The predicted octanol–water partition coefficient (Wildman–Crippen LogP) is -0.276. The molecule has 0 saturated carbocycles. The van der Waals surface area contributed by atoms with E-state index < -0.39 is 0 Å². The van der Waals surface area contributed by atoms with Crippen molar-refractivity contribution in [1.29, 1.82) is 0 Å². The quantitative estimate of drug-likeness (QED) is 0.496. The van der Waals surface area contributed by atoms with E-state index in [2.05, 4.69) is 34.7 Å². The summed E-state index contributed by atoms with van der Waals surface area (Å²) in [6.07, 6.45) is 0. The normalized spacial score (nSPS) is 15.6. The van der Waals surface area contributed by atoms with Crippen molar-refractivity contribution in [1.82, 2.24) is 20.9 Å². The Bertz CT molecular complexity index is 129. The van der Waals surface area contributed by atoms with E-state index in [9.17, 15) is 0 Å². The standard InChI is InChI=1S/C11H28N4/c1-10(13-4)8-15(7-6-12-3)9-11(2)14-5/h10-14H,6-9H2,1-5H3. The molecule has 0 spiro atoms. The maximum atomic E-state index is 3.28. The second-order valence-electron chi connectivity index (χ2n) is 4.24. The van der Waals surface area contributed by atoms with Gasteiger partial charge < -0.3 is 16.0 Å². The van der Waals surface area contributed by atoms with Crippen molar-refractivity contribution in [2.45, 2.75) is 25.9 Å². The fourth-order valence-electron chi connectivity index (χ4n) is 1.48. The van der Waals surface area contributed by atoms with Crippen molar-refractivity contribution in [2.24, 2.45) is 0 Å². The molecule has 0 aromatic rings. The van der Waals surface area contributed by atoms with E-state index in [1.807, 2.05) is 21.1 Å². The predicted molar refractivity (Wildman–Crippen MR) is 67.4 cm³/mol. The van der Waals surface area contributed by atoms with Gasteiger partial charge in [-0.15, -0.1) is 0 Å². The van der Waals surface area contributed by atoms with Gasteiger partial charge in [0.1, 0.15) is 0 Å². The van der Waals surface area contributed by atoms with E-state index in [-0.39, 0.29) is 0 Å². The first-order valence-corrected chi connectivity index (χ1v) is 5.85. The van der Waals surface area contributed by atoms with Gasteiger partial charge in [0.15, 0.2) is 0 Å². The van der Waals surface area contributed by atoms with Crippen LogP contribution in [0.1, 0.15) is 13.8 Å². The zero-order chi connectivity index (χ0) is 11.7. The van der Waals surface area contributed by atoms with Crippen LogP contribution in [0.2, 0.25) is 0 Å². The number of nitrogens with one attached hydrogen (secondary N) is 3. The third-order valence-corrected chi connectivity index (χ3v) is 2.73. The van der Waals surface area contributed by atoms with E-state index >= 15 is 0 Å². The second kappa shape index (κ2) is 9.09.